The maximum absolute atomic E-state index is 14.1. The van der Waals surface area contributed by atoms with Gasteiger partial charge < -0.3 is 60.3 Å². The average Bonchev–Trinajstić information content (AvgIpc) is 2.37. The van der Waals surface area contributed by atoms with Gasteiger partial charge in [-0.05, 0) is 120 Å². The van der Waals surface area contributed by atoms with E-state index >= 15 is 0 Å². The first-order valence-corrected chi connectivity index (χ1v) is 30.7. The van der Waals surface area contributed by atoms with E-state index in [1.54, 1.807) is 20.8 Å². The van der Waals surface area contributed by atoms with E-state index in [4.69, 9.17) is 28.4 Å². The Labute approximate surface area is 502 Å². The third-order valence-corrected chi connectivity index (χ3v) is 13.7. The summed E-state index contributed by atoms with van der Waals surface area (Å²) in [5.74, 6) is -5.35. The number of esters is 4. The van der Waals surface area contributed by atoms with Crippen LogP contribution in [0.2, 0.25) is 0 Å². The Morgan fingerprint density at radius 1 is 0.435 bits per heavy atom. The zero-order chi connectivity index (χ0) is 62.4. The van der Waals surface area contributed by atoms with E-state index in [0.29, 0.717) is 57.8 Å². The largest absolute Gasteiger partial charge is 0.466 e. The van der Waals surface area contributed by atoms with Crippen LogP contribution in [0.5, 0.6) is 0 Å². The molecule has 2 aromatic rings. The van der Waals surface area contributed by atoms with Crippen molar-refractivity contribution in [3.05, 3.63) is 59.7 Å². The smallest absolute Gasteiger partial charge is 0.407 e. The van der Waals surface area contributed by atoms with E-state index < -0.39 is 89.5 Å². The molecule has 4 unspecified atom stereocenters. The van der Waals surface area contributed by atoms with Crippen LogP contribution in [0.15, 0.2) is 48.5 Å². The van der Waals surface area contributed by atoms with Crippen molar-refractivity contribution in [3.63, 3.8) is 0 Å². The summed E-state index contributed by atoms with van der Waals surface area (Å²) in [5.41, 5.74) is 3.54. The molecule has 0 fully saturated rings. The van der Waals surface area contributed by atoms with Crippen LogP contribution < -0.4 is 31.9 Å². The minimum Gasteiger partial charge on any atom is -0.466 e. The molecule has 3 rings (SSSR count). The second-order valence-corrected chi connectivity index (χ2v) is 22.2. The topological polar surface area (TPSA) is 298 Å². The van der Waals surface area contributed by atoms with Gasteiger partial charge in [0.05, 0.1) is 26.4 Å². The molecule has 1 aliphatic rings. The summed E-state index contributed by atoms with van der Waals surface area (Å²) >= 11 is 0. The van der Waals surface area contributed by atoms with Crippen LogP contribution in [0.4, 0.5) is 9.59 Å². The molecule has 0 saturated carbocycles. The number of fused-ring (bicyclic) bond motifs is 3. The van der Waals surface area contributed by atoms with Gasteiger partial charge >= 0.3 is 36.1 Å². The average molecular weight is 1190 g/mol. The molecule has 85 heavy (non-hydrogen) atoms. The molecule has 4 atom stereocenters. The molecular weight excluding hydrogens is 1100 g/mol. The number of unbranched alkanes of at least 4 members (excludes halogenated alkanes) is 7. The van der Waals surface area contributed by atoms with E-state index in [1.165, 1.54) is 0 Å². The molecule has 0 aromatic heterocycles. The third kappa shape index (κ3) is 29.4. The Morgan fingerprint density at radius 2 is 0.894 bits per heavy atom. The lowest BCUT2D eigenvalue weighted by atomic mass is 9.98. The lowest BCUT2D eigenvalue weighted by Crippen LogP contribution is -2.52. The molecule has 6 N–H and O–H groups in total. The maximum Gasteiger partial charge on any atom is 0.407 e. The van der Waals surface area contributed by atoms with Crippen LogP contribution in [-0.4, -0.2) is 136 Å². The van der Waals surface area contributed by atoms with Gasteiger partial charge in [0.25, 0.3) is 0 Å². The Bertz CT molecular complexity index is 2380. The molecule has 0 bridgehead atoms. The maximum atomic E-state index is 14.1. The number of hydrogen-bond acceptors (Lipinski definition) is 16. The second-order valence-electron chi connectivity index (χ2n) is 22.2. The third-order valence-electron chi connectivity index (χ3n) is 13.7. The van der Waals surface area contributed by atoms with Gasteiger partial charge in [0, 0.05) is 44.7 Å². The Balaban J connectivity index is 1.68. The summed E-state index contributed by atoms with van der Waals surface area (Å²) in [6.45, 7) is 14.1. The van der Waals surface area contributed by atoms with Crippen molar-refractivity contribution in [2.24, 2.45) is 0 Å². The van der Waals surface area contributed by atoms with Crippen molar-refractivity contribution < 1.29 is 76.4 Å². The van der Waals surface area contributed by atoms with Crippen LogP contribution in [0.1, 0.15) is 200 Å². The SMILES string of the molecule is CCCCOC(=O)CCC(NC(=O)CCC(NC(=O)CCCCCNC(=O)C(CCCCNC(=O)OC(C)(C)C)NC(=O)OCC1c2ccccc2-c2ccccc21)C(=O)NC(CCC(=O)OCCCC)C(=O)OCCCC)C(=O)OCCCC. The van der Waals surface area contributed by atoms with Crippen molar-refractivity contribution in [3.8, 4) is 11.1 Å². The Morgan fingerprint density at radius 3 is 1.44 bits per heavy atom. The number of ether oxygens (including phenoxy) is 6. The van der Waals surface area contributed by atoms with Crippen LogP contribution >= 0.6 is 0 Å². The number of alkyl carbamates (subject to hydrolysis) is 2. The van der Waals surface area contributed by atoms with Gasteiger partial charge in [0.1, 0.15) is 36.4 Å². The molecular formula is C63H96N6O16. The number of rotatable bonds is 42. The van der Waals surface area contributed by atoms with Gasteiger partial charge in [0.15, 0.2) is 0 Å². The lowest BCUT2D eigenvalue weighted by Gasteiger charge is -2.23. The Kier molecular flexibility index (Phi) is 34.6. The lowest BCUT2D eigenvalue weighted by molar-refractivity contribution is -0.150. The van der Waals surface area contributed by atoms with Crippen molar-refractivity contribution >= 4 is 59.7 Å². The van der Waals surface area contributed by atoms with E-state index in [9.17, 15) is 47.9 Å². The van der Waals surface area contributed by atoms with E-state index in [0.717, 1.165) is 47.9 Å². The number of carbonyl (C=O) groups is 10. The number of amides is 6. The first kappa shape index (κ1) is 72.0. The first-order valence-electron chi connectivity index (χ1n) is 30.7. The summed E-state index contributed by atoms with van der Waals surface area (Å²) in [6, 6.07) is 11.0. The molecule has 22 nitrogen and oxygen atoms in total. The molecule has 6 amide bonds. The fourth-order valence-electron chi connectivity index (χ4n) is 8.96. The molecule has 0 saturated heterocycles. The van der Waals surface area contributed by atoms with E-state index in [1.807, 2.05) is 76.2 Å². The minimum atomic E-state index is -1.38. The molecule has 0 heterocycles. The Hall–Kier alpha value is -7.26. The van der Waals surface area contributed by atoms with Gasteiger partial charge in [-0.3, -0.25) is 28.8 Å². The fraction of sp³-hybridized carbons (Fsp3) is 0.651. The highest BCUT2D eigenvalue weighted by atomic mass is 16.6. The van der Waals surface area contributed by atoms with Gasteiger partial charge in [-0.1, -0.05) is 108 Å². The summed E-state index contributed by atoms with van der Waals surface area (Å²) in [4.78, 5) is 132. The van der Waals surface area contributed by atoms with Crippen molar-refractivity contribution in [2.45, 2.75) is 219 Å². The molecule has 2 aromatic carbocycles. The number of benzene rings is 2. The molecule has 22 heteroatoms. The number of carbonyl (C=O) groups excluding carboxylic acids is 10. The number of hydrogen-bond donors (Lipinski definition) is 6. The van der Waals surface area contributed by atoms with Gasteiger partial charge in [-0.15, -0.1) is 0 Å². The first-order chi connectivity index (χ1) is 40.8. The summed E-state index contributed by atoms with van der Waals surface area (Å²) in [5, 5.41) is 16.2. The quantitative estimate of drug-likeness (QED) is 0.0206. The summed E-state index contributed by atoms with van der Waals surface area (Å²) in [7, 11) is 0. The monoisotopic (exact) mass is 1190 g/mol. The highest BCUT2D eigenvalue weighted by Crippen LogP contribution is 2.44. The molecule has 0 radical (unpaired) electrons. The highest BCUT2D eigenvalue weighted by molar-refractivity contribution is 5.92. The highest BCUT2D eigenvalue weighted by Gasteiger charge is 2.32. The van der Waals surface area contributed by atoms with Crippen LogP contribution in [0.3, 0.4) is 0 Å². The zero-order valence-electron chi connectivity index (χ0n) is 51.3. The predicted molar refractivity (Wildman–Crippen MR) is 319 cm³/mol. The normalized spacial score (nSPS) is 13.0. The number of nitrogens with one attached hydrogen (secondary N) is 6. The van der Waals surface area contributed by atoms with E-state index in [-0.39, 0.29) is 103 Å². The van der Waals surface area contributed by atoms with Crippen LogP contribution in [0, 0.1) is 0 Å². The summed E-state index contributed by atoms with van der Waals surface area (Å²) in [6.07, 6.45) is 5.18. The molecule has 0 aliphatic heterocycles. The second kappa shape index (κ2) is 40.9. The van der Waals surface area contributed by atoms with Crippen molar-refractivity contribution in [2.75, 3.05) is 46.1 Å². The van der Waals surface area contributed by atoms with Gasteiger partial charge in [-0.25, -0.2) is 19.2 Å². The molecule has 0 spiro atoms. The molecule has 1 aliphatic carbocycles. The van der Waals surface area contributed by atoms with Gasteiger partial charge in [-0.2, -0.15) is 0 Å². The van der Waals surface area contributed by atoms with Crippen LogP contribution in [-0.2, 0) is 66.8 Å². The minimum absolute atomic E-state index is 0.0471. The van der Waals surface area contributed by atoms with Crippen molar-refractivity contribution in [1.29, 1.82) is 0 Å². The zero-order valence-corrected chi connectivity index (χ0v) is 51.3. The standard InChI is InChI=1S/C63H96N6O16/c1-8-12-39-80-55(72)35-32-51(59(76)82-41-14-10-3)67-54(71)34-31-50(58(75)68-52(60(77)83-42-15-11-4)33-36-56(73)81-40-13-9-2)66-53(70)30-17-16-23-37-64-57(74)49(29-22-24-38-65-61(78)85-63(5,6)7)69-62(79)84-43-48-46-27-20-18-25-44(46)45-26-19-21-28-47(45)48/h18-21,25-28,48-52H,8-17,22-24,29-43H2,1-7H3,(H,64,74)(H,65,78)(H,66,70)(H,67,71)(H,68,75)(H,69,79). The summed E-state index contributed by atoms with van der Waals surface area (Å²) < 4.78 is 32.4. The van der Waals surface area contributed by atoms with E-state index in [2.05, 4.69) is 31.9 Å². The fourth-order valence-corrected chi connectivity index (χ4v) is 8.96. The van der Waals surface area contributed by atoms with Gasteiger partial charge in [0.2, 0.25) is 23.6 Å². The molecule has 474 valence electrons. The van der Waals surface area contributed by atoms with Crippen molar-refractivity contribution in [1.82, 2.24) is 31.9 Å². The van der Waals surface area contributed by atoms with Crippen LogP contribution in [0.25, 0.3) is 11.1 Å². The predicted octanol–water partition coefficient (Wildman–Crippen LogP) is 8.43.